The normalized spacial score (nSPS) is 10.5. The number of carbonyl (C=O) groups is 2. The largest absolute Gasteiger partial charge is 0.464 e. The molecule has 0 N–H and O–H groups in total. The Balaban J connectivity index is 2.59. The first-order valence-electron chi connectivity index (χ1n) is 8.59. The molecule has 1 aromatic carbocycles. The molecule has 0 fully saturated rings. The quantitative estimate of drug-likeness (QED) is 0.530. The molecule has 9 heteroatoms. The van der Waals surface area contributed by atoms with E-state index in [2.05, 4.69) is 0 Å². The van der Waals surface area contributed by atoms with Gasteiger partial charge in [0.1, 0.15) is 18.0 Å². The van der Waals surface area contributed by atoms with Crippen LogP contribution in [0, 0.1) is 23.0 Å². The highest BCUT2D eigenvalue weighted by Crippen LogP contribution is 2.24. The number of benzene rings is 1. The molecule has 148 valence electrons. The third-order valence-electron chi connectivity index (χ3n) is 3.98. The van der Waals surface area contributed by atoms with Crippen molar-refractivity contribution in [3.63, 3.8) is 0 Å². The van der Waals surface area contributed by atoms with Gasteiger partial charge in [-0.2, -0.15) is 5.26 Å². The molecule has 2 rings (SSSR count). The molecule has 1 heterocycles. The van der Waals surface area contributed by atoms with Crippen molar-refractivity contribution in [3.8, 4) is 6.07 Å². The van der Waals surface area contributed by atoms with E-state index in [1.807, 2.05) is 0 Å². The number of aryl methyl sites for hydroxylation is 1. The fourth-order valence-corrected chi connectivity index (χ4v) is 2.70. The SMILES string of the molecule is CCOC(=O)c1cn(CC)c2c(F)c(CC(=O)OCCC#N)c(F)cc2c1=O. The minimum Gasteiger partial charge on any atom is -0.464 e. The second-order valence-electron chi connectivity index (χ2n) is 5.73. The lowest BCUT2D eigenvalue weighted by molar-refractivity contribution is -0.142. The molecule has 1 aromatic heterocycles. The Bertz CT molecular complexity index is 1020. The van der Waals surface area contributed by atoms with Crippen molar-refractivity contribution in [2.75, 3.05) is 13.2 Å². The van der Waals surface area contributed by atoms with Gasteiger partial charge in [0.05, 0.1) is 36.4 Å². The van der Waals surface area contributed by atoms with Crippen molar-refractivity contribution in [3.05, 3.63) is 45.2 Å². The summed E-state index contributed by atoms with van der Waals surface area (Å²) in [6, 6.07) is 2.58. The summed E-state index contributed by atoms with van der Waals surface area (Å²) in [7, 11) is 0. The zero-order valence-corrected chi connectivity index (χ0v) is 15.4. The number of rotatable bonds is 7. The number of hydrogen-bond acceptors (Lipinski definition) is 6. The van der Waals surface area contributed by atoms with Crippen LogP contribution in [0.3, 0.4) is 0 Å². The smallest absolute Gasteiger partial charge is 0.343 e. The average molecular weight is 392 g/mol. The Kier molecular flexibility index (Phi) is 6.82. The predicted molar refractivity (Wildman–Crippen MR) is 94.6 cm³/mol. The van der Waals surface area contributed by atoms with Gasteiger partial charge < -0.3 is 14.0 Å². The van der Waals surface area contributed by atoms with E-state index in [0.29, 0.717) is 0 Å². The number of fused-ring (bicyclic) bond motifs is 1. The molecule has 28 heavy (non-hydrogen) atoms. The number of nitriles is 1. The van der Waals surface area contributed by atoms with Crippen LogP contribution >= 0.6 is 0 Å². The van der Waals surface area contributed by atoms with Crippen LogP contribution in [0.5, 0.6) is 0 Å². The predicted octanol–water partition coefficient (Wildman–Crippen LogP) is 2.48. The maximum atomic E-state index is 15.0. The van der Waals surface area contributed by atoms with Crippen molar-refractivity contribution >= 4 is 22.8 Å². The topological polar surface area (TPSA) is 98.4 Å². The number of carbonyl (C=O) groups excluding carboxylic acids is 2. The van der Waals surface area contributed by atoms with E-state index in [1.54, 1.807) is 19.9 Å². The highest BCUT2D eigenvalue weighted by atomic mass is 19.1. The summed E-state index contributed by atoms with van der Waals surface area (Å²) in [6.07, 6.45) is 0.412. The summed E-state index contributed by atoms with van der Waals surface area (Å²) in [6.45, 7) is 3.25. The number of aromatic nitrogens is 1. The second kappa shape index (κ2) is 9.08. The molecule has 0 aliphatic rings. The lowest BCUT2D eigenvalue weighted by Crippen LogP contribution is -2.22. The van der Waals surface area contributed by atoms with Crippen LogP contribution < -0.4 is 5.43 Å². The van der Waals surface area contributed by atoms with Crippen LogP contribution in [0.25, 0.3) is 10.9 Å². The van der Waals surface area contributed by atoms with Crippen molar-refractivity contribution in [2.24, 2.45) is 0 Å². The first kappa shape index (κ1) is 21.0. The molecule has 0 atom stereocenters. The minimum absolute atomic E-state index is 0.0397. The lowest BCUT2D eigenvalue weighted by atomic mass is 10.0. The number of pyridine rings is 1. The number of nitrogens with zero attached hydrogens (tertiary/aromatic N) is 2. The fraction of sp³-hybridized carbons (Fsp3) is 0.368. The van der Waals surface area contributed by atoms with E-state index in [0.717, 1.165) is 12.3 Å². The molecule has 0 spiro atoms. The van der Waals surface area contributed by atoms with Crippen LogP contribution in [0.15, 0.2) is 17.1 Å². The van der Waals surface area contributed by atoms with Gasteiger partial charge >= 0.3 is 11.9 Å². The van der Waals surface area contributed by atoms with Crippen LogP contribution in [0.2, 0.25) is 0 Å². The molecule has 7 nitrogen and oxygen atoms in total. The number of esters is 2. The molecule has 0 bridgehead atoms. The van der Waals surface area contributed by atoms with Gasteiger partial charge in [-0.05, 0) is 19.9 Å². The number of halogens is 2. The van der Waals surface area contributed by atoms with Gasteiger partial charge in [0, 0.05) is 18.3 Å². The van der Waals surface area contributed by atoms with Crippen molar-refractivity contribution in [2.45, 2.75) is 33.2 Å². The second-order valence-corrected chi connectivity index (χ2v) is 5.73. The van der Waals surface area contributed by atoms with Crippen LogP contribution in [-0.2, 0) is 27.2 Å². The van der Waals surface area contributed by atoms with E-state index in [9.17, 15) is 18.8 Å². The molecule has 0 amide bonds. The standard InChI is InChI=1S/C19H18F2N2O5/c1-3-23-10-13(19(26)27-4-2)18(25)12-8-14(20)11(16(21)17(12)23)9-15(24)28-7-5-6-22/h8,10H,3-5,7,9H2,1-2H3. The van der Waals surface area contributed by atoms with Gasteiger partial charge in [-0.3, -0.25) is 9.59 Å². The monoisotopic (exact) mass is 392 g/mol. The molecule has 0 radical (unpaired) electrons. The summed E-state index contributed by atoms with van der Waals surface area (Å²) in [4.78, 5) is 36.3. The van der Waals surface area contributed by atoms with E-state index in [4.69, 9.17) is 14.7 Å². The number of ether oxygens (including phenoxy) is 2. The van der Waals surface area contributed by atoms with E-state index in [-0.39, 0.29) is 42.6 Å². The van der Waals surface area contributed by atoms with Gasteiger partial charge in [0.2, 0.25) is 5.43 Å². The zero-order valence-electron chi connectivity index (χ0n) is 15.4. The summed E-state index contributed by atoms with van der Waals surface area (Å²) in [5, 5.41) is 8.10. The van der Waals surface area contributed by atoms with Crippen molar-refractivity contribution in [1.29, 1.82) is 5.26 Å². The Morgan fingerprint density at radius 1 is 1.25 bits per heavy atom. The first-order chi connectivity index (χ1) is 13.3. The molecule has 2 aromatic rings. The Morgan fingerprint density at radius 2 is 1.96 bits per heavy atom. The molecule has 0 aliphatic carbocycles. The maximum Gasteiger partial charge on any atom is 0.343 e. The van der Waals surface area contributed by atoms with Crippen LogP contribution in [0.4, 0.5) is 8.78 Å². The Labute approximate surface area is 159 Å². The summed E-state index contributed by atoms with van der Waals surface area (Å²) < 4.78 is 40.3. The molecular formula is C19H18F2N2O5. The van der Waals surface area contributed by atoms with Crippen LogP contribution in [-0.4, -0.2) is 29.7 Å². The van der Waals surface area contributed by atoms with Gasteiger partial charge in [0.25, 0.3) is 0 Å². The Hall–Kier alpha value is -3.28. The molecule has 0 unspecified atom stereocenters. The summed E-state index contributed by atoms with van der Waals surface area (Å²) in [5.41, 5.74) is -1.97. The van der Waals surface area contributed by atoms with E-state index in [1.165, 1.54) is 4.57 Å². The third-order valence-corrected chi connectivity index (χ3v) is 3.98. The minimum atomic E-state index is -1.11. The zero-order chi connectivity index (χ0) is 20.8. The van der Waals surface area contributed by atoms with Gasteiger partial charge in [-0.25, -0.2) is 13.6 Å². The van der Waals surface area contributed by atoms with E-state index >= 15 is 4.39 Å². The van der Waals surface area contributed by atoms with Gasteiger partial charge in [0.15, 0.2) is 5.82 Å². The summed E-state index contributed by atoms with van der Waals surface area (Å²) in [5.74, 6) is -3.98. The summed E-state index contributed by atoms with van der Waals surface area (Å²) >= 11 is 0. The number of hydrogen-bond donors (Lipinski definition) is 0. The molecule has 0 saturated carbocycles. The van der Waals surface area contributed by atoms with Crippen LogP contribution in [0.1, 0.15) is 36.2 Å². The fourth-order valence-electron chi connectivity index (χ4n) is 2.70. The van der Waals surface area contributed by atoms with Crippen molar-refractivity contribution in [1.82, 2.24) is 4.57 Å². The molecular weight excluding hydrogens is 374 g/mol. The Morgan fingerprint density at radius 3 is 2.57 bits per heavy atom. The molecule has 0 saturated heterocycles. The molecule has 0 aliphatic heterocycles. The maximum absolute atomic E-state index is 15.0. The lowest BCUT2D eigenvalue weighted by Gasteiger charge is -2.14. The average Bonchev–Trinajstić information content (AvgIpc) is 2.66. The van der Waals surface area contributed by atoms with Crippen molar-refractivity contribution < 1.29 is 27.8 Å². The third kappa shape index (κ3) is 4.17. The van der Waals surface area contributed by atoms with Gasteiger partial charge in [-0.15, -0.1) is 0 Å². The van der Waals surface area contributed by atoms with Gasteiger partial charge in [-0.1, -0.05) is 0 Å². The first-order valence-corrected chi connectivity index (χ1v) is 8.59. The highest BCUT2D eigenvalue weighted by molar-refractivity contribution is 5.94. The van der Waals surface area contributed by atoms with E-state index < -0.39 is 41.0 Å². The highest BCUT2D eigenvalue weighted by Gasteiger charge is 2.23.